The van der Waals surface area contributed by atoms with Crippen molar-refractivity contribution in [3.05, 3.63) is 34.6 Å². The van der Waals surface area contributed by atoms with E-state index in [2.05, 4.69) is 29.9 Å². The number of rotatable bonds is 2. The summed E-state index contributed by atoms with van der Waals surface area (Å²) in [7, 11) is 0. The summed E-state index contributed by atoms with van der Waals surface area (Å²) in [5.74, 6) is 0.329. The average molecular weight is 239 g/mol. The number of hydrogen-bond donors (Lipinski definition) is 0. The largest absolute Gasteiger partial charge is 0.235 e. The van der Waals surface area contributed by atoms with E-state index in [-0.39, 0.29) is 0 Å². The molecule has 0 spiro atoms. The first-order valence-electron chi connectivity index (χ1n) is 4.74. The van der Waals surface area contributed by atoms with E-state index in [9.17, 15) is 0 Å². The minimum atomic E-state index is 0.329. The molecular weight excluding hydrogens is 228 g/mol. The van der Waals surface area contributed by atoms with Crippen molar-refractivity contribution in [2.24, 2.45) is 0 Å². The Kier molecular flexibility index (Phi) is 3.03. The molecule has 0 bridgehead atoms. The van der Waals surface area contributed by atoms with Crippen LogP contribution in [-0.2, 0) is 0 Å². The smallest absolute Gasteiger partial charge is 0.136 e. The average Bonchev–Trinajstić information content (AvgIpc) is 2.69. The fraction of sp³-hybridized carbons (Fsp3) is 0.273. The Morgan fingerprint density at radius 2 is 2.13 bits per heavy atom. The standard InChI is InChI=1S/C11H11ClN2S/c1-7(2)9-10(8-4-3-5-15-8)13-6-14-11(9)12/h3-7H,1-2H3. The summed E-state index contributed by atoms with van der Waals surface area (Å²) in [6.45, 7) is 4.20. The first kappa shape index (κ1) is 10.6. The van der Waals surface area contributed by atoms with Crippen molar-refractivity contribution in [1.82, 2.24) is 9.97 Å². The van der Waals surface area contributed by atoms with Gasteiger partial charge in [-0.1, -0.05) is 31.5 Å². The van der Waals surface area contributed by atoms with Crippen molar-refractivity contribution < 1.29 is 0 Å². The van der Waals surface area contributed by atoms with Gasteiger partial charge in [0.05, 0.1) is 10.6 Å². The van der Waals surface area contributed by atoms with Crippen LogP contribution in [0, 0.1) is 0 Å². The molecule has 4 heteroatoms. The van der Waals surface area contributed by atoms with Gasteiger partial charge in [0.15, 0.2) is 0 Å². The first-order chi connectivity index (χ1) is 7.20. The van der Waals surface area contributed by atoms with Crippen LogP contribution in [0.15, 0.2) is 23.8 Å². The summed E-state index contributed by atoms with van der Waals surface area (Å²) in [6.07, 6.45) is 1.52. The molecule has 0 N–H and O–H groups in total. The maximum atomic E-state index is 6.09. The van der Waals surface area contributed by atoms with Crippen LogP contribution in [0.3, 0.4) is 0 Å². The Bertz CT molecular complexity index is 452. The van der Waals surface area contributed by atoms with Gasteiger partial charge in [0.2, 0.25) is 0 Å². The fourth-order valence-corrected chi connectivity index (χ4v) is 2.58. The molecule has 0 saturated heterocycles. The van der Waals surface area contributed by atoms with Crippen LogP contribution in [0.5, 0.6) is 0 Å². The monoisotopic (exact) mass is 238 g/mol. The van der Waals surface area contributed by atoms with E-state index in [0.29, 0.717) is 11.1 Å². The molecule has 0 aliphatic rings. The minimum Gasteiger partial charge on any atom is -0.235 e. The van der Waals surface area contributed by atoms with E-state index in [1.54, 1.807) is 11.3 Å². The molecule has 0 radical (unpaired) electrons. The molecule has 2 nitrogen and oxygen atoms in total. The highest BCUT2D eigenvalue weighted by molar-refractivity contribution is 7.13. The molecule has 0 atom stereocenters. The van der Waals surface area contributed by atoms with Gasteiger partial charge in [-0.05, 0) is 17.4 Å². The van der Waals surface area contributed by atoms with Crippen LogP contribution in [0.1, 0.15) is 25.3 Å². The summed E-state index contributed by atoms with van der Waals surface area (Å²) in [5.41, 5.74) is 1.99. The highest BCUT2D eigenvalue weighted by Gasteiger charge is 2.15. The van der Waals surface area contributed by atoms with Gasteiger partial charge in [-0.2, -0.15) is 0 Å². The predicted molar refractivity (Wildman–Crippen MR) is 64.4 cm³/mol. The maximum Gasteiger partial charge on any atom is 0.136 e. The molecule has 78 valence electrons. The topological polar surface area (TPSA) is 25.8 Å². The number of thiophene rings is 1. The van der Waals surface area contributed by atoms with Gasteiger partial charge < -0.3 is 0 Å². The molecule has 0 fully saturated rings. The second-order valence-electron chi connectivity index (χ2n) is 3.56. The van der Waals surface area contributed by atoms with Gasteiger partial charge in [-0.3, -0.25) is 0 Å². The molecule has 0 saturated carbocycles. The number of nitrogens with zero attached hydrogens (tertiary/aromatic N) is 2. The molecule has 2 heterocycles. The number of hydrogen-bond acceptors (Lipinski definition) is 3. The highest BCUT2D eigenvalue weighted by Crippen LogP contribution is 2.33. The lowest BCUT2D eigenvalue weighted by Crippen LogP contribution is -1.97. The molecule has 0 aliphatic carbocycles. The summed E-state index contributed by atoms with van der Waals surface area (Å²) in [5, 5.41) is 2.60. The third-order valence-electron chi connectivity index (χ3n) is 2.17. The van der Waals surface area contributed by atoms with E-state index < -0.39 is 0 Å². The molecule has 0 aliphatic heterocycles. The van der Waals surface area contributed by atoms with Gasteiger partial charge in [0.25, 0.3) is 0 Å². The number of aromatic nitrogens is 2. The molecule has 0 unspecified atom stereocenters. The lowest BCUT2D eigenvalue weighted by atomic mass is 10.0. The summed E-state index contributed by atoms with van der Waals surface area (Å²) in [4.78, 5) is 9.49. The van der Waals surface area contributed by atoms with Crippen LogP contribution >= 0.6 is 22.9 Å². The molecule has 2 rings (SSSR count). The Labute approximate surface area is 98.0 Å². The Morgan fingerprint density at radius 1 is 1.33 bits per heavy atom. The Morgan fingerprint density at radius 3 is 2.73 bits per heavy atom. The highest BCUT2D eigenvalue weighted by atomic mass is 35.5. The van der Waals surface area contributed by atoms with Crippen molar-refractivity contribution in [3.8, 4) is 10.6 Å². The maximum absolute atomic E-state index is 6.09. The Balaban J connectivity index is 2.61. The zero-order valence-corrected chi connectivity index (χ0v) is 10.1. The van der Waals surface area contributed by atoms with Gasteiger partial charge >= 0.3 is 0 Å². The summed E-state index contributed by atoms with van der Waals surface area (Å²) >= 11 is 7.76. The van der Waals surface area contributed by atoms with Gasteiger partial charge in [-0.15, -0.1) is 11.3 Å². The van der Waals surface area contributed by atoms with Crippen molar-refractivity contribution in [2.75, 3.05) is 0 Å². The summed E-state index contributed by atoms with van der Waals surface area (Å²) < 4.78 is 0. The number of halogens is 1. The first-order valence-corrected chi connectivity index (χ1v) is 6.00. The van der Waals surface area contributed by atoms with Gasteiger partial charge in [-0.25, -0.2) is 9.97 Å². The second kappa shape index (κ2) is 4.29. The van der Waals surface area contributed by atoms with Crippen LogP contribution in [-0.4, -0.2) is 9.97 Å². The van der Waals surface area contributed by atoms with E-state index in [4.69, 9.17) is 11.6 Å². The van der Waals surface area contributed by atoms with E-state index >= 15 is 0 Å². The third-order valence-corrected chi connectivity index (χ3v) is 3.34. The lowest BCUT2D eigenvalue weighted by Gasteiger charge is -2.11. The fourth-order valence-electron chi connectivity index (χ4n) is 1.50. The zero-order chi connectivity index (χ0) is 10.8. The quantitative estimate of drug-likeness (QED) is 0.740. The van der Waals surface area contributed by atoms with Crippen molar-refractivity contribution in [1.29, 1.82) is 0 Å². The lowest BCUT2D eigenvalue weighted by molar-refractivity contribution is 0.850. The van der Waals surface area contributed by atoms with Gasteiger partial charge in [0.1, 0.15) is 11.5 Å². The van der Waals surface area contributed by atoms with E-state index in [0.717, 1.165) is 16.1 Å². The van der Waals surface area contributed by atoms with Crippen molar-refractivity contribution in [3.63, 3.8) is 0 Å². The normalized spacial score (nSPS) is 10.9. The molecule has 15 heavy (non-hydrogen) atoms. The molecule has 2 aromatic heterocycles. The molecular formula is C11H11ClN2S. The van der Waals surface area contributed by atoms with Crippen molar-refractivity contribution in [2.45, 2.75) is 19.8 Å². The van der Waals surface area contributed by atoms with Gasteiger partial charge in [0, 0.05) is 5.56 Å². The van der Waals surface area contributed by atoms with Crippen LogP contribution in [0.25, 0.3) is 10.6 Å². The van der Waals surface area contributed by atoms with Crippen molar-refractivity contribution >= 4 is 22.9 Å². The molecule has 0 aromatic carbocycles. The van der Waals surface area contributed by atoms with Crippen LogP contribution < -0.4 is 0 Å². The van der Waals surface area contributed by atoms with Crippen LogP contribution in [0.4, 0.5) is 0 Å². The Hall–Kier alpha value is -0.930. The summed E-state index contributed by atoms with van der Waals surface area (Å²) in [6, 6.07) is 4.06. The second-order valence-corrected chi connectivity index (χ2v) is 4.86. The minimum absolute atomic E-state index is 0.329. The van der Waals surface area contributed by atoms with Crippen LogP contribution in [0.2, 0.25) is 5.15 Å². The van der Waals surface area contributed by atoms with E-state index in [1.807, 2.05) is 11.4 Å². The predicted octanol–water partition coefficient (Wildman–Crippen LogP) is 3.98. The molecule has 2 aromatic rings. The zero-order valence-electron chi connectivity index (χ0n) is 8.57. The van der Waals surface area contributed by atoms with E-state index in [1.165, 1.54) is 6.33 Å². The third kappa shape index (κ3) is 2.03. The SMILES string of the molecule is CC(C)c1c(Cl)ncnc1-c1cccs1. The molecule has 0 amide bonds.